The van der Waals surface area contributed by atoms with Gasteiger partial charge in [-0.3, -0.25) is 4.79 Å². The van der Waals surface area contributed by atoms with Gasteiger partial charge in [0, 0.05) is 0 Å². The van der Waals surface area contributed by atoms with Crippen LogP contribution in [-0.2, 0) is 16.0 Å². The van der Waals surface area contributed by atoms with Gasteiger partial charge in [0.2, 0.25) is 5.91 Å². The van der Waals surface area contributed by atoms with Crippen molar-refractivity contribution >= 4 is 11.9 Å². The fourth-order valence-electron chi connectivity index (χ4n) is 1.69. The van der Waals surface area contributed by atoms with E-state index < -0.39 is 30.1 Å². The molecule has 116 valence electrons. The lowest BCUT2D eigenvalue weighted by Gasteiger charge is -2.19. The highest BCUT2D eigenvalue weighted by molar-refractivity contribution is 5.87. The maximum atomic E-state index is 11.8. The zero-order valence-electron chi connectivity index (χ0n) is 11.4. The number of rotatable bonds is 6. The number of hydrogen-bond acceptors (Lipinski definition) is 6. The van der Waals surface area contributed by atoms with E-state index in [-0.39, 0.29) is 17.9 Å². The average molecular weight is 298 g/mol. The summed E-state index contributed by atoms with van der Waals surface area (Å²) in [6.07, 6.45) is -1.23. The Balaban J connectivity index is 2.69. The third-order valence-electron chi connectivity index (χ3n) is 2.88. The number of carboxylic acid groups (broad SMARTS) is 1. The molecule has 8 heteroatoms. The van der Waals surface area contributed by atoms with Gasteiger partial charge in [0.25, 0.3) is 0 Å². The standard InChI is InChI=1S/C13H18N2O6/c1-6(16)11(13(20)21)15-12(19)8(14)4-7-2-3-9(17)10(18)5-7/h2-3,5-6,8,11,16-18H,4,14H2,1H3,(H,15,19)(H,20,21)/t6-,8+,11+/m1/s1. The molecule has 0 bridgehead atoms. The summed E-state index contributed by atoms with van der Waals surface area (Å²) in [5.41, 5.74) is 6.15. The van der Waals surface area contributed by atoms with Crippen molar-refractivity contribution in [3.05, 3.63) is 23.8 Å². The summed E-state index contributed by atoms with van der Waals surface area (Å²) in [5.74, 6) is -2.74. The van der Waals surface area contributed by atoms with E-state index in [2.05, 4.69) is 5.32 Å². The molecule has 0 aliphatic carbocycles. The van der Waals surface area contributed by atoms with Gasteiger partial charge in [0.15, 0.2) is 17.5 Å². The van der Waals surface area contributed by atoms with Crippen LogP contribution < -0.4 is 11.1 Å². The number of carbonyl (C=O) groups is 2. The normalized spacial score (nSPS) is 15.0. The Labute approximate surface area is 120 Å². The van der Waals surface area contributed by atoms with E-state index in [9.17, 15) is 24.9 Å². The smallest absolute Gasteiger partial charge is 0.328 e. The summed E-state index contributed by atoms with van der Waals surface area (Å²) >= 11 is 0. The number of benzene rings is 1. The van der Waals surface area contributed by atoms with Gasteiger partial charge in [0.05, 0.1) is 12.1 Å². The van der Waals surface area contributed by atoms with E-state index in [4.69, 9.17) is 10.8 Å². The zero-order chi connectivity index (χ0) is 16.2. The van der Waals surface area contributed by atoms with Crippen LogP contribution in [0.4, 0.5) is 0 Å². The van der Waals surface area contributed by atoms with Crippen LogP contribution in [0.1, 0.15) is 12.5 Å². The molecular weight excluding hydrogens is 280 g/mol. The quantitative estimate of drug-likeness (QED) is 0.365. The van der Waals surface area contributed by atoms with Crippen molar-refractivity contribution in [3.8, 4) is 11.5 Å². The number of amides is 1. The number of aliphatic hydroxyl groups is 1. The fraction of sp³-hybridized carbons (Fsp3) is 0.385. The molecule has 8 nitrogen and oxygen atoms in total. The number of nitrogens with one attached hydrogen (secondary N) is 1. The molecule has 0 fully saturated rings. The van der Waals surface area contributed by atoms with Crippen LogP contribution in [0.3, 0.4) is 0 Å². The maximum absolute atomic E-state index is 11.8. The van der Waals surface area contributed by atoms with E-state index in [0.29, 0.717) is 5.56 Å². The first-order chi connectivity index (χ1) is 9.72. The number of carboxylic acids is 1. The molecule has 0 radical (unpaired) electrons. The monoisotopic (exact) mass is 298 g/mol. The molecule has 0 aromatic heterocycles. The largest absolute Gasteiger partial charge is 0.504 e. The van der Waals surface area contributed by atoms with Crippen LogP contribution in [0.15, 0.2) is 18.2 Å². The predicted octanol–water partition coefficient (Wildman–Crippen LogP) is -1.08. The van der Waals surface area contributed by atoms with E-state index >= 15 is 0 Å². The molecule has 0 unspecified atom stereocenters. The van der Waals surface area contributed by atoms with Gasteiger partial charge in [0.1, 0.15) is 0 Å². The third kappa shape index (κ3) is 4.62. The van der Waals surface area contributed by atoms with Crippen LogP contribution in [0.5, 0.6) is 11.5 Å². The van der Waals surface area contributed by atoms with Crippen molar-refractivity contribution in [2.75, 3.05) is 0 Å². The lowest BCUT2D eigenvalue weighted by atomic mass is 10.0. The van der Waals surface area contributed by atoms with Crippen LogP contribution in [0.2, 0.25) is 0 Å². The van der Waals surface area contributed by atoms with Crippen molar-refractivity contribution < 1.29 is 30.0 Å². The van der Waals surface area contributed by atoms with Gasteiger partial charge < -0.3 is 31.5 Å². The van der Waals surface area contributed by atoms with Gasteiger partial charge in [-0.05, 0) is 31.0 Å². The van der Waals surface area contributed by atoms with Crippen LogP contribution >= 0.6 is 0 Å². The molecule has 21 heavy (non-hydrogen) atoms. The highest BCUT2D eigenvalue weighted by Gasteiger charge is 2.27. The Morgan fingerprint density at radius 3 is 2.38 bits per heavy atom. The molecule has 0 spiro atoms. The number of carbonyl (C=O) groups excluding carboxylic acids is 1. The van der Waals surface area contributed by atoms with Crippen molar-refractivity contribution in [2.24, 2.45) is 5.73 Å². The number of phenolic OH excluding ortho intramolecular Hbond substituents is 2. The Kier molecular flexibility index (Phi) is 5.51. The second kappa shape index (κ2) is 6.91. The minimum atomic E-state index is -1.45. The summed E-state index contributed by atoms with van der Waals surface area (Å²) in [6.45, 7) is 1.24. The van der Waals surface area contributed by atoms with Crippen molar-refractivity contribution in [1.82, 2.24) is 5.32 Å². The Morgan fingerprint density at radius 1 is 1.29 bits per heavy atom. The predicted molar refractivity (Wildman–Crippen MR) is 72.7 cm³/mol. The van der Waals surface area contributed by atoms with Gasteiger partial charge in [-0.25, -0.2) is 4.79 Å². The first-order valence-corrected chi connectivity index (χ1v) is 6.20. The first-order valence-electron chi connectivity index (χ1n) is 6.20. The van der Waals surface area contributed by atoms with Crippen LogP contribution in [0, 0.1) is 0 Å². The third-order valence-corrected chi connectivity index (χ3v) is 2.88. The Bertz CT molecular complexity index is 531. The van der Waals surface area contributed by atoms with Gasteiger partial charge in [-0.15, -0.1) is 0 Å². The van der Waals surface area contributed by atoms with Crippen molar-refractivity contribution in [1.29, 1.82) is 0 Å². The molecular formula is C13H18N2O6. The van der Waals surface area contributed by atoms with E-state index in [1.165, 1.54) is 25.1 Å². The molecule has 1 rings (SSSR count). The van der Waals surface area contributed by atoms with E-state index in [0.717, 1.165) is 0 Å². The molecule has 0 aliphatic rings. The lowest BCUT2D eigenvalue weighted by Crippen LogP contribution is -2.53. The number of phenols is 2. The number of aliphatic hydroxyl groups excluding tert-OH is 1. The lowest BCUT2D eigenvalue weighted by molar-refractivity contribution is -0.144. The fourth-order valence-corrected chi connectivity index (χ4v) is 1.69. The zero-order valence-corrected chi connectivity index (χ0v) is 11.4. The highest BCUT2D eigenvalue weighted by Crippen LogP contribution is 2.25. The van der Waals surface area contributed by atoms with Gasteiger partial charge in [-0.1, -0.05) is 6.07 Å². The molecule has 0 aliphatic heterocycles. The summed E-state index contributed by atoms with van der Waals surface area (Å²) in [6, 6.07) is 1.48. The van der Waals surface area contributed by atoms with Crippen LogP contribution in [0.25, 0.3) is 0 Å². The topological polar surface area (TPSA) is 153 Å². The molecule has 0 saturated heterocycles. The molecule has 3 atom stereocenters. The average Bonchev–Trinajstić information content (AvgIpc) is 2.39. The summed E-state index contributed by atoms with van der Waals surface area (Å²) < 4.78 is 0. The molecule has 0 heterocycles. The van der Waals surface area contributed by atoms with Crippen LogP contribution in [-0.4, -0.2) is 50.5 Å². The second-order valence-corrected chi connectivity index (χ2v) is 4.70. The summed E-state index contributed by atoms with van der Waals surface area (Å²) in [7, 11) is 0. The number of aliphatic carboxylic acids is 1. The SMILES string of the molecule is C[C@@H](O)[C@H](NC(=O)[C@@H](N)Cc1ccc(O)c(O)c1)C(=O)O. The van der Waals surface area contributed by atoms with Crippen molar-refractivity contribution in [3.63, 3.8) is 0 Å². The summed E-state index contributed by atoms with van der Waals surface area (Å²) in [5, 5.41) is 38.8. The van der Waals surface area contributed by atoms with Gasteiger partial charge >= 0.3 is 5.97 Å². The number of nitrogens with two attached hydrogens (primary N) is 1. The summed E-state index contributed by atoms with van der Waals surface area (Å²) in [4.78, 5) is 22.7. The van der Waals surface area contributed by atoms with E-state index in [1.54, 1.807) is 0 Å². The Hall–Kier alpha value is -2.32. The Morgan fingerprint density at radius 2 is 1.90 bits per heavy atom. The molecule has 0 saturated carbocycles. The second-order valence-electron chi connectivity index (χ2n) is 4.70. The molecule has 1 aromatic rings. The molecule has 7 N–H and O–H groups in total. The van der Waals surface area contributed by atoms with Crippen molar-refractivity contribution in [2.45, 2.75) is 31.5 Å². The van der Waals surface area contributed by atoms with E-state index in [1.807, 2.05) is 0 Å². The number of hydrogen-bond donors (Lipinski definition) is 6. The molecule has 1 aromatic carbocycles. The highest BCUT2D eigenvalue weighted by atomic mass is 16.4. The first kappa shape index (κ1) is 16.7. The molecule has 1 amide bonds. The minimum absolute atomic E-state index is 0.0336. The maximum Gasteiger partial charge on any atom is 0.328 e. The minimum Gasteiger partial charge on any atom is -0.504 e. The number of aromatic hydroxyl groups is 2. The van der Waals surface area contributed by atoms with Gasteiger partial charge in [-0.2, -0.15) is 0 Å².